The average Bonchev–Trinajstić information content (AvgIpc) is 2.46. The van der Waals surface area contributed by atoms with E-state index in [4.69, 9.17) is 4.74 Å². The zero-order valence-electron chi connectivity index (χ0n) is 13.0. The lowest BCUT2D eigenvalue weighted by atomic mass is 9.85. The molecule has 2 saturated carbocycles. The minimum atomic E-state index is 0.487. The van der Waals surface area contributed by atoms with Crippen molar-refractivity contribution in [1.82, 2.24) is 5.32 Å². The summed E-state index contributed by atoms with van der Waals surface area (Å²) in [7, 11) is 0. The Bertz CT molecular complexity index is 243. The van der Waals surface area contributed by atoms with E-state index in [0.29, 0.717) is 18.2 Å². The second-order valence-corrected chi connectivity index (χ2v) is 6.58. The number of hydrogen-bond donors (Lipinski definition) is 1. The maximum absolute atomic E-state index is 6.51. The molecule has 0 radical (unpaired) electrons. The Morgan fingerprint density at radius 1 is 1.00 bits per heavy atom. The molecule has 19 heavy (non-hydrogen) atoms. The molecular formula is C17H33NO. The first-order valence-electron chi connectivity index (χ1n) is 8.72. The van der Waals surface area contributed by atoms with E-state index < -0.39 is 0 Å². The van der Waals surface area contributed by atoms with Gasteiger partial charge in [-0.15, -0.1) is 0 Å². The maximum Gasteiger partial charge on any atom is 0.0731 e. The molecule has 0 aliphatic heterocycles. The van der Waals surface area contributed by atoms with Crippen LogP contribution in [0, 0.1) is 5.92 Å². The van der Waals surface area contributed by atoms with E-state index in [0.717, 1.165) is 12.5 Å². The second kappa shape index (κ2) is 8.26. The van der Waals surface area contributed by atoms with Gasteiger partial charge in [-0.3, -0.25) is 0 Å². The summed E-state index contributed by atoms with van der Waals surface area (Å²) < 4.78 is 6.51. The Morgan fingerprint density at radius 3 is 2.63 bits per heavy atom. The molecule has 0 aromatic rings. The standard InChI is InChI=1S/C17H33NO/c1-3-12-18-16-10-5-6-11-17(16)19-15-9-7-8-14(4-2)13-15/h14-18H,3-13H2,1-2H3. The number of nitrogens with one attached hydrogen (secondary N) is 1. The minimum Gasteiger partial charge on any atom is -0.373 e. The van der Waals surface area contributed by atoms with E-state index in [2.05, 4.69) is 19.2 Å². The van der Waals surface area contributed by atoms with Gasteiger partial charge in [0.15, 0.2) is 0 Å². The van der Waals surface area contributed by atoms with Crippen molar-refractivity contribution in [2.75, 3.05) is 6.54 Å². The topological polar surface area (TPSA) is 21.3 Å². The minimum absolute atomic E-state index is 0.487. The quantitative estimate of drug-likeness (QED) is 0.775. The van der Waals surface area contributed by atoms with Crippen molar-refractivity contribution in [3.8, 4) is 0 Å². The largest absolute Gasteiger partial charge is 0.373 e. The molecule has 0 amide bonds. The molecule has 0 bridgehead atoms. The number of rotatable bonds is 6. The zero-order chi connectivity index (χ0) is 13.5. The Balaban J connectivity index is 1.80. The Morgan fingerprint density at radius 2 is 1.84 bits per heavy atom. The van der Waals surface area contributed by atoms with E-state index in [9.17, 15) is 0 Å². The van der Waals surface area contributed by atoms with Gasteiger partial charge in [-0.1, -0.05) is 46.0 Å². The highest BCUT2D eigenvalue weighted by atomic mass is 16.5. The summed E-state index contributed by atoms with van der Waals surface area (Å²) in [6.07, 6.45) is 14.3. The Hall–Kier alpha value is -0.0800. The zero-order valence-corrected chi connectivity index (χ0v) is 13.0. The van der Waals surface area contributed by atoms with Crippen LogP contribution in [-0.4, -0.2) is 24.8 Å². The Kier molecular flexibility index (Phi) is 6.66. The van der Waals surface area contributed by atoms with Crippen molar-refractivity contribution in [3.63, 3.8) is 0 Å². The van der Waals surface area contributed by atoms with Crippen LogP contribution in [0.15, 0.2) is 0 Å². The van der Waals surface area contributed by atoms with Crippen LogP contribution >= 0.6 is 0 Å². The summed E-state index contributed by atoms with van der Waals surface area (Å²) in [6.45, 7) is 5.73. The van der Waals surface area contributed by atoms with E-state index in [1.54, 1.807) is 0 Å². The first-order valence-corrected chi connectivity index (χ1v) is 8.72. The molecule has 2 aliphatic carbocycles. The van der Waals surface area contributed by atoms with Gasteiger partial charge in [0.2, 0.25) is 0 Å². The van der Waals surface area contributed by atoms with Crippen molar-refractivity contribution < 1.29 is 4.74 Å². The van der Waals surface area contributed by atoms with Gasteiger partial charge in [0, 0.05) is 6.04 Å². The second-order valence-electron chi connectivity index (χ2n) is 6.58. The summed E-state index contributed by atoms with van der Waals surface area (Å²) in [4.78, 5) is 0. The molecule has 0 saturated heterocycles. The molecule has 0 aromatic carbocycles. The number of hydrogen-bond acceptors (Lipinski definition) is 2. The molecule has 2 aliphatic rings. The smallest absolute Gasteiger partial charge is 0.0731 e. The molecule has 2 heteroatoms. The summed E-state index contributed by atoms with van der Waals surface area (Å²) in [6, 6.07) is 0.621. The van der Waals surface area contributed by atoms with Gasteiger partial charge < -0.3 is 10.1 Å². The lowest BCUT2D eigenvalue weighted by Gasteiger charge is -2.37. The lowest BCUT2D eigenvalue weighted by molar-refractivity contribution is -0.0684. The molecule has 0 spiro atoms. The van der Waals surface area contributed by atoms with E-state index in [-0.39, 0.29) is 0 Å². The van der Waals surface area contributed by atoms with Crippen LogP contribution in [0.3, 0.4) is 0 Å². The van der Waals surface area contributed by atoms with Crippen LogP contribution in [0.2, 0.25) is 0 Å². The highest BCUT2D eigenvalue weighted by molar-refractivity contribution is 4.84. The molecule has 0 heterocycles. The average molecular weight is 267 g/mol. The third-order valence-corrected chi connectivity index (χ3v) is 5.04. The predicted molar refractivity (Wildman–Crippen MR) is 81.5 cm³/mol. The van der Waals surface area contributed by atoms with Gasteiger partial charge in [0.05, 0.1) is 12.2 Å². The van der Waals surface area contributed by atoms with Crippen LogP contribution in [0.1, 0.15) is 78.1 Å². The molecular weight excluding hydrogens is 234 g/mol. The highest BCUT2D eigenvalue weighted by Crippen LogP contribution is 2.31. The van der Waals surface area contributed by atoms with Crippen molar-refractivity contribution >= 4 is 0 Å². The van der Waals surface area contributed by atoms with Gasteiger partial charge in [0.1, 0.15) is 0 Å². The fourth-order valence-corrected chi connectivity index (χ4v) is 3.81. The molecule has 1 N–H and O–H groups in total. The summed E-state index contributed by atoms with van der Waals surface area (Å²) >= 11 is 0. The maximum atomic E-state index is 6.51. The summed E-state index contributed by atoms with van der Waals surface area (Å²) in [5.74, 6) is 0.921. The van der Waals surface area contributed by atoms with Crippen molar-refractivity contribution in [2.45, 2.75) is 96.3 Å². The van der Waals surface area contributed by atoms with Crippen LogP contribution < -0.4 is 5.32 Å². The van der Waals surface area contributed by atoms with Gasteiger partial charge in [-0.2, -0.15) is 0 Å². The molecule has 4 unspecified atom stereocenters. The van der Waals surface area contributed by atoms with Gasteiger partial charge in [0.25, 0.3) is 0 Å². The SMILES string of the molecule is CCCNC1CCCCC1OC1CCCC(CC)C1. The monoisotopic (exact) mass is 267 g/mol. The number of ether oxygens (including phenoxy) is 1. The highest BCUT2D eigenvalue weighted by Gasteiger charge is 2.30. The molecule has 2 fully saturated rings. The van der Waals surface area contributed by atoms with Crippen LogP contribution in [0.4, 0.5) is 0 Å². The van der Waals surface area contributed by atoms with Gasteiger partial charge >= 0.3 is 0 Å². The third-order valence-electron chi connectivity index (χ3n) is 5.04. The first-order chi connectivity index (χ1) is 9.33. The van der Waals surface area contributed by atoms with Gasteiger partial charge in [-0.05, 0) is 44.6 Å². The third kappa shape index (κ3) is 4.75. The fourth-order valence-electron chi connectivity index (χ4n) is 3.81. The van der Waals surface area contributed by atoms with Crippen LogP contribution in [-0.2, 0) is 4.74 Å². The van der Waals surface area contributed by atoms with Crippen LogP contribution in [0.5, 0.6) is 0 Å². The first kappa shape index (κ1) is 15.3. The van der Waals surface area contributed by atoms with Gasteiger partial charge in [-0.25, -0.2) is 0 Å². The van der Waals surface area contributed by atoms with E-state index >= 15 is 0 Å². The fraction of sp³-hybridized carbons (Fsp3) is 1.00. The predicted octanol–water partition coefficient (Wildman–Crippen LogP) is 4.28. The lowest BCUT2D eigenvalue weighted by Crippen LogP contribution is -2.45. The van der Waals surface area contributed by atoms with Crippen molar-refractivity contribution in [2.24, 2.45) is 5.92 Å². The van der Waals surface area contributed by atoms with E-state index in [1.807, 2.05) is 0 Å². The Labute approximate surface area is 119 Å². The normalized spacial score (nSPS) is 36.3. The van der Waals surface area contributed by atoms with Crippen LogP contribution in [0.25, 0.3) is 0 Å². The van der Waals surface area contributed by atoms with Crippen molar-refractivity contribution in [3.05, 3.63) is 0 Å². The van der Waals surface area contributed by atoms with E-state index in [1.165, 1.54) is 64.2 Å². The summed E-state index contributed by atoms with van der Waals surface area (Å²) in [5, 5.41) is 3.71. The molecule has 2 rings (SSSR count). The molecule has 0 aromatic heterocycles. The molecule has 4 atom stereocenters. The summed E-state index contributed by atoms with van der Waals surface area (Å²) in [5.41, 5.74) is 0. The van der Waals surface area contributed by atoms with Crippen molar-refractivity contribution in [1.29, 1.82) is 0 Å². The molecule has 112 valence electrons. The molecule has 2 nitrogen and oxygen atoms in total.